The Morgan fingerprint density at radius 1 is 1.15 bits per heavy atom. The number of nitrogens with one attached hydrogen (secondary N) is 1. The molecule has 6 heteroatoms. The predicted molar refractivity (Wildman–Crippen MR) is 101 cm³/mol. The molecule has 1 N–H and O–H groups in total. The van der Waals surface area contributed by atoms with E-state index < -0.39 is 5.97 Å². The third-order valence-electron chi connectivity index (χ3n) is 4.33. The Hall–Kier alpha value is -2.63. The number of aryl methyl sites for hydroxylation is 3. The Labute approximate surface area is 154 Å². The van der Waals surface area contributed by atoms with Crippen LogP contribution in [0.3, 0.4) is 0 Å². The van der Waals surface area contributed by atoms with Gasteiger partial charge in [0.1, 0.15) is 0 Å². The van der Waals surface area contributed by atoms with Crippen LogP contribution in [0.5, 0.6) is 0 Å². The minimum absolute atomic E-state index is 0.159. The van der Waals surface area contributed by atoms with Gasteiger partial charge in [0.05, 0.1) is 23.5 Å². The largest absolute Gasteiger partial charge is 0.455 e. The van der Waals surface area contributed by atoms with Gasteiger partial charge >= 0.3 is 5.97 Å². The topological polar surface area (TPSA) is 73.2 Å². The number of carbonyl (C=O) groups is 2. The highest BCUT2D eigenvalue weighted by Crippen LogP contribution is 2.18. The second-order valence-corrected chi connectivity index (χ2v) is 6.48. The van der Waals surface area contributed by atoms with Crippen molar-refractivity contribution in [2.75, 3.05) is 11.9 Å². The number of aromatic nitrogens is 2. The molecule has 1 aromatic carbocycles. The lowest BCUT2D eigenvalue weighted by Crippen LogP contribution is -2.22. The molecule has 1 amide bonds. The molecule has 26 heavy (non-hydrogen) atoms. The summed E-state index contributed by atoms with van der Waals surface area (Å²) in [5.41, 5.74) is 4.40. The molecule has 0 spiro atoms. The number of amides is 1. The van der Waals surface area contributed by atoms with Crippen LogP contribution in [0.1, 0.15) is 42.3 Å². The Morgan fingerprint density at radius 2 is 1.81 bits per heavy atom. The molecule has 0 fully saturated rings. The van der Waals surface area contributed by atoms with E-state index in [1.165, 1.54) is 5.56 Å². The molecule has 2 rings (SSSR count). The first-order valence-electron chi connectivity index (χ1n) is 8.94. The van der Waals surface area contributed by atoms with Gasteiger partial charge in [-0.15, -0.1) is 0 Å². The summed E-state index contributed by atoms with van der Waals surface area (Å²) in [4.78, 5) is 23.9. The van der Waals surface area contributed by atoms with Gasteiger partial charge in [0, 0.05) is 7.05 Å². The first-order chi connectivity index (χ1) is 12.4. The number of rotatable bonds is 8. The maximum Gasteiger partial charge on any atom is 0.310 e. The standard InChI is InChI=1S/C20H27N3O3/c1-5-6-7-16-8-10-17(11-9-16)12-19(25)26-13-18(24)21-20-14(2)22-23(4)15(20)3/h8-11H,5-7,12-13H2,1-4H3,(H,21,24). The lowest BCUT2D eigenvalue weighted by molar-refractivity contribution is -0.146. The van der Waals surface area contributed by atoms with E-state index in [1.54, 1.807) is 4.68 Å². The number of nitrogens with zero attached hydrogens (tertiary/aromatic N) is 2. The summed E-state index contributed by atoms with van der Waals surface area (Å²) < 4.78 is 6.78. The Balaban J connectivity index is 1.80. The van der Waals surface area contributed by atoms with E-state index in [9.17, 15) is 9.59 Å². The minimum atomic E-state index is -0.416. The molecule has 0 saturated heterocycles. The Morgan fingerprint density at radius 3 is 2.38 bits per heavy atom. The second-order valence-electron chi connectivity index (χ2n) is 6.48. The van der Waals surface area contributed by atoms with Crippen LogP contribution in [0.15, 0.2) is 24.3 Å². The molecule has 1 aromatic heterocycles. The summed E-state index contributed by atoms with van der Waals surface area (Å²) >= 11 is 0. The number of hydrogen-bond acceptors (Lipinski definition) is 4. The highest BCUT2D eigenvalue weighted by atomic mass is 16.5. The van der Waals surface area contributed by atoms with Crippen molar-refractivity contribution in [3.05, 3.63) is 46.8 Å². The lowest BCUT2D eigenvalue weighted by Gasteiger charge is -2.07. The average Bonchev–Trinajstić information content (AvgIpc) is 2.85. The van der Waals surface area contributed by atoms with Crippen molar-refractivity contribution < 1.29 is 14.3 Å². The summed E-state index contributed by atoms with van der Waals surface area (Å²) in [5, 5.41) is 6.98. The van der Waals surface area contributed by atoms with E-state index in [0.717, 1.165) is 36.2 Å². The molecule has 0 aliphatic rings. The molecule has 1 heterocycles. The zero-order valence-corrected chi connectivity index (χ0v) is 16.0. The lowest BCUT2D eigenvalue weighted by atomic mass is 10.1. The normalized spacial score (nSPS) is 10.6. The number of hydrogen-bond donors (Lipinski definition) is 1. The van der Waals surface area contributed by atoms with Crippen molar-refractivity contribution in [1.82, 2.24) is 9.78 Å². The van der Waals surface area contributed by atoms with Crippen LogP contribution < -0.4 is 5.32 Å². The van der Waals surface area contributed by atoms with E-state index in [-0.39, 0.29) is 18.9 Å². The molecule has 2 aromatic rings. The van der Waals surface area contributed by atoms with Gasteiger partial charge in [-0.25, -0.2) is 0 Å². The van der Waals surface area contributed by atoms with Crippen LogP contribution in [0.4, 0.5) is 5.69 Å². The fourth-order valence-corrected chi connectivity index (χ4v) is 2.70. The summed E-state index contributed by atoms with van der Waals surface area (Å²) in [7, 11) is 1.81. The Bertz CT molecular complexity index is 763. The maximum atomic E-state index is 12.0. The first kappa shape index (κ1) is 19.7. The van der Waals surface area contributed by atoms with Gasteiger partial charge in [0.2, 0.25) is 0 Å². The van der Waals surface area contributed by atoms with Gasteiger partial charge in [-0.05, 0) is 37.8 Å². The van der Waals surface area contributed by atoms with Crippen LogP contribution >= 0.6 is 0 Å². The van der Waals surface area contributed by atoms with E-state index >= 15 is 0 Å². The van der Waals surface area contributed by atoms with Gasteiger partial charge in [-0.1, -0.05) is 37.6 Å². The second kappa shape index (κ2) is 9.17. The molecule has 0 bridgehead atoms. The van der Waals surface area contributed by atoms with Gasteiger partial charge < -0.3 is 10.1 Å². The molecule has 0 unspecified atom stereocenters. The van der Waals surface area contributed by atoms with Crippen LogP contribution in [0.2, 0.25) is 0 Å². The van der Waals surface area contributed by atoms with Crippen molar-refractivity contribution in [2.24, 2.45) is 7.05 Å². The number of esters is 1. The molecule has 6 nitrogen and oxygen atoms in total. The third kappa shape index (κ3) is 5.44. The van der Waals surface area contributed by atoms with Crippen LogP contribution in [-0.2, 0) is 34.2 Å². The molecular weight excluding hydrogens is 330 g/mol. The van der Waals surface area contributed by atoms with E-state index in [0.29, 0.717) is 5.69 Å². The van der Waals surface area contributed by atoms with Crippen molar-refractivity contribution in [3.63, 3.8) is 0 Å². The summed E-state index contributed by atoms with van der Waals surface area (Å²) in [6.45, 7) is 5.54. The number of benzene rings is 1. The average molecular weight is 357 g/mol. The maximum absolute atomic E-state index is 12.0. The van der Waals surface area contributed by atoms with Crippen molar-refractivity contribution >= 4 is 17.6 Å². The van der Waals surface area contributed by atoms with Crippen LogP contribution in [0.25, 0.3) is 0 Å². The minimum Gasteiger partial charge on any atom is -0.455 e. The summed E-state index contributed by atoms with van der Waals surface area (Å²) in [6.07, 6.45) is 3.53. The van der Waals surface area contributed by atoms with Crippen LogP contribution in [0, 0.1) is 13.8 Å². The zero-order chi connectivity index (χ0) is 19.1. The summed E-state index contributed by atoms with van der Waals surface area (Å²) in [5.74, 6) is -0.784. The van der Waals surface area contributed by atoms with Gasteiger partial charge in [0.25, 0.3) is 5.91 Å². The monoisotopic (exact) mass is 357 g/mol. The fraction of sp³-hybridized carbons (Fsp3) is 0.450. The molecule has 0 aliphatic carbocycles. The van der Waals surface area contributed by atoms with Gasteiger partial charge in [0.15, 0.2) is 6.61 Å². The SMILES string of the molecule is CCCCc1ccc(CC(=O)OCC(=O)Nc2c(C)nn(C)c2C)cc1. The van der Waals surface area contributed by atoms with Crippen molar-refractivity contribution in [1.29, 1.82) is 0 Å². The van der Waals surface area contributed by atoms with E-state index in [4.69, 9.17) is 4.74 Å². The molecular formula is C20H27N3O3. The molecule has 0 saturated carbocycles. The van der Waals surface area contributed by atoms with Gasteiger partial charge in [-0.2, -0.15) is 5.10 Å². The number of anilines is 1. The van der Waals surface area contributed by atoms with Crippen LogP contribution in [-0.4, -0.2) is 28.3 Å². The van der Waals surface area contributed by atoms with Gasteiger partial charge in [-0.3, -0.25) is 14.3 Å². The highest BCUT2D eigenvalue weighted by molar-refractivity contribution is 5.93. The first-order valence-corrected chi connectivity index (χ1v) is 8.94. The quantitative estimate of drug-likeness (QED) is 0.737. The third-order valence-corrected chi connectivity index (χ3v) is 4.33. The van der Waals surface area contributed by atoms with Crippen molar-refractivity contribution in [2.45, 2.75) is 46.5 Å². The smallest absolute Gasteiger partial charge is 0.310 e. The molecule has 0 atom stereocenters. The molecule has 140 valence electrons. The zero-order valence-electron chi connectivity index (χ0n) is 16.0. The molecule has 0 aliphatic heterocycles. The summed E-state index contributed by atoms with van der Waals surface area (Å²) in [6, 6.07) is 7.96. The number of carbonyl (C=O) groups excluding carboxylic acids is 2. The number of ether oxygens (including phenoxy) is 1. The van der Waals surface area contributed by atoms with Crippen molar-refractivity contribution in [3.8, 4) is 0 Å². The van der Waals surface area contributed by atoms with E-state index in [1.807, 2.05) is 45.2 Å². The van der Waals surface area contributed by atoms with E-state index in [2.05, 4.69) is 17.3 Å². The Kier molecular flexibility index (Phi) is 6.95. The highest BCUT2D eigenvalue weighted by Gasteiger charge is 2.14. The fourth-order valence-electron chi connectivity index (χ4n) is 2.70. The molecule has 0 radical (unpaired) electrons. The number of unbranched alkanes of at least 4 members (excludes halogenated alkanes) is 1. The predicted octanol–water partition coefficient (Wildman–Crippen LogP) is 3.10.